The third-order valence-electron chi connectivity index (χ3n) is 3.29. The van der Waals surface area contributed by atoms with Gasteiger partial charge in [-0.25, -0.2) is 0 Å². The number of aryl methyl sites for hydroxylation is 1. The van der Waals surface area contributed by atoms with Crippen molar-refractivity contribution in [1.29, 1.82) is 0 Å². The molecule has 0 aromatic heterocycles. The van der Waals surface area contributed by atoms with Gasteiger partial charge in [-0.1, -0.05) is 60.2 Å². The Morgan fingerprint density at radius 1 is 1.00 bits per heavy atom. The summed E-state index contributed by atoms with van der Waals surface area (Å²) in [5, 5.41) is 6.08. The van der Waals surface area contributed by atoms with Crippen molar-refractivity contribution < 1.29 is 4.79 Å². The monoisotopic (exact) mass is 282 g/mol. The van der Waals surface area contributed by atoms with Crippen molar-refractivity contribution in [1.82, 2.24) is 10.6 Å². The quantitative estimate of drug-likeness (QED) is 0.766. The van der Waals surface area contributed by atoms with E-state index in [4.69, 9.17) is 0 Å². The summed E-state index contributed by atoms with van der Waals surface area (Å²) in [7, 11) is 0. The minimum absolute atomic E-state index is 0.0306. The third-order valence-corrected chi connectivity index (χ3v) is 3.29. The molecule has 0 unspecified atom stereocenters. The molecule has 2 aromatic carbocycles. The summed E-state index contributed by atoms with van der Waals surface area (Å²) in [5.41, 5.74) is 3.69. The predicted octanol–water partition coefficient (Wildman–Crippen LogP) is 2.44. The van der Waals surface area contributed by atoms with Crippen LogP contribution in [-0.2, 0) is 17.8 Å². The van der Waals surface area contributed by atoms with E-state index in [1.807, 2.05) is 30.3 Å². The zero-order valence-corrected chi connectivity index (χ0v) is 12.4. The molecule has 0 atom stereocenters. The van der Waals surface area contributed by atoms with E-state index in [1.54, 1.807) is 0 Å². The average molecular weight is 282 g/mol. The topological polar surface area (TPSA) is 41.1 Å². The van der Waals surface area contributed by atoms with Crippen molar-refractivity contribution in [2.24, 2.45) is 0 Å². The summed E-state index contributed by atoms with van der Waals surface area (Å²) in [6.45, 7) is 3.84. The molecule has 0 radical (unpaired) electrons. The molecule has 2 aromatic rings. The highest BCUT2D eigenvalue weighted by Gasteiger charge is 2.00. The van der Waals surface area contributed by atoms with Crippen LogP contribution in [0.5, 0.6) is 0 Å². The summed E-state index contributed by atoms with van der Waals surface area (Å²) >= 11 is 0. The maximum atomic E-state index is 11.7. The minimum Gasteiger partial charge on any atom is -0.351 e. The van der Waals surface area contributed by atoms with Crippen LogP contribution in [0.1, 0.15) is 16.7 Å². The van der Waals surface area contributed by atoms with Gasteiger partial charge in [-0.2, -0.15) is 0 Å². The molecular formula is C18H22N2O. The van der Waals surface area contributed by atoms with Crippen molar-refractivity contribution in [3.8, 4) is 0 Å². The first kappa shape index (κ1) is 15.3. The Bertz CT molecular complexity index is 566. The zero-order valence-electron chi connectivity index (χ0n) is 12.4. The van der Waals surface area contributed by atoms with Crippen LogP contribution in [0, 0.1) is 6.92 Å². The second kappa shape index (κ2) is 8.22. The lowest BCUT2D eigenvalue weighted by molar-refractivity contribution is -0.120. The Morgan fingerprint density at radius 2 is 1.76 bits per heavy atom. The van der Waals surface area contributed by atoms with E-state index >= 15 is 0 Å². The van der Waals surface area contributed by atoms with Crippen molar-refractivity contribution in [2.75, 3.05) is 13.1 Å². The zero-order chi connectivity index (χ0) is 14.9. The second-order valence-electron chi connectivity index (χ2n) is 5.18. The molecule has 0 aliphatic heterocycles. The summed E-state index contributed by atoms with van der Waals surface area (Å²) in [5.74, 6) is 0.0306. The number of benzene rings is 2. The van der Waals surface area contributed by atoms with Gasteiger partial charge in [0, 0.05) is 6.54 Å². The van der Waals surface area contributed by atoms with Crippen LogP contribution in [0.4, 0.5) is 0 Å². The fourth-order valence-electron chi connectivity index (χ4n) is 2.16. The van der Waals surface area contributed by atoms with Crippen LogP contribution in [-0.4, -0.2) is 19.0 Å². The van der Waals surface area contributed by atoms with Gasteiger partial charge in [-0.05, 0) is 31.0 Å². The number of carbonyl (C=O) groups is 1. The van der Waals surface area contributed by atoms with Gasteiger partial charge in [0.2, 0.25) is 5.91 Å². The number of rotatable bonds is 7. The lowest BCUT2D eigenvalue weighted by Gasteiger charge is -2.07. The smallest absolute Gasteiger partial charge is 0.234 e. The highest BCUT2D eigenvalue weighted by Crippen LogP contribution is 2.03. The van der Waals surface area contributed by atoms with Gasteiger partial charge < -0.3 is 10.6 Å². The van der Waals surface area contributed by atoms with Gasteiger partial charge in [-0.3, -0.25) is 4.79 Å². The number of amides is 1. The Balaban J connectivity index is 1.61. The van der Waals surface area contributed by atoms with Gasteiger partial charge in [0.1, 0.15) is 0 Å². The standard InChI is InChI=1S/C18H22N2O/c1-15-6-5-9-16(12-15)10-11-19-14-18(21)20-13-17-7-3-2-4-8-17/h2-9,12,19H,10-11,13-14H2,1H3,(H,20,21). The molecule has 0 bridgehead atoms. The SMILES string of the molecule is Cc1cccc(CCNCC(=O)NCc2ccccc2)c1. The minimum atomic E-state index is 0.0306. The molecule has 0 saturated heterocycles. The van der Waals surface area contributed by atoms with Crippen LogP contribution in [0.3, 0.4) is 0 Å². The molecule has 0 saturated carbocycles. The second-order valence-corrected chi connectivity index (χ2v) is 5.18. The van der Waals surface area contributed by atoms with Gasteiger partial charge in [0.05, 0.1) is 6.54 Å². The van der Waals surface area contributed by atoms with Crippen LogP contribution >= 0.6 is 0 Å². The fourth-order valence-corrected chi connectivity index (χ4v) is 2.16. The number of hydrogen-bond donors (Lipinski definition) is 2. The average Bonchev–Trinajstić information content (AvgIpc) is 2.51. The van der Waals surface area contributed by atoms with Crippen molar-refractivity contribution in [2.45, 2.75) is 19.9 Å². The van der Waals surface area contributed by atoms with Crippen molar-refractivity contribution in [3.05, 3.63) is 71.3 Å². The summed E-state index contributed by atoms with van der Waals surface area (Å²) in [6, 6.07) is 18.4. The normalized spacial score (nSPS) is 10.3. The number of nitrogens with one attached hydrogen (secondary N) is 2. The molecule has 0 aliphatic carbocycles. The largest absolute Gasteiger partial charge is 0.351 e. The Morgan fingerprint density at radius 3 is 2.52 bits per heavy atom. The summed E-state index contributed by atoms with van der Waals surface area (Å²) in [4.78, 5) is 11.7. The van der Waals surface area contributed by atoms with Gasteiger partial charge >= 0.3 is 0 Å². The first-order chi connectivity index (χ1) is 10.2. The van der Waals surface area contributed by atoms with Crippen molar-refractivity contribution in [3.63, 3.8) is 0 Å². The van der Waals surface area contributed by atoms with Gasteiger partial charge in [-0.15, -0.1) is 0 Å². The van der Waals surface area contributed by atoms with Gasteiger partial charge in [0.25, 0.3) is 0 Å². The molecular weight excluding hydrogens is 260 g/mol. The molecule has 110 valence electrons. The summed E-state index contributed by atoms with van der Waals surface area (Å²) in [6.07, 6.45) is 0.938. The lowest BCUT2D eigenvalue weighted by Crippen LogP contribution is -2.34. The van der Waals surface area contributed by atoms with E-state index < -0.39 is 0 Å². The van der Waals surface area contributed by atoms with E-state index in [-0.39, 0.29) is 5.91 Å². The molecule has 0 fully saturated rings. The van der Waals surface area contributed by atoms with E-state index in [0.717, 1.165) is 18.5 Å². The molecule has 2 N–H and O–H groups in total. The third kappa shape index (κ3) is 5.79. The lowest BCUT2D eigenvalue weighted by atomic mass is 10.1. The Kier molecular flexibility index (Phi) is 5.98. The first-order valence-corrected chi connectivity index (χ1v) is 7.31. The number of hydrogen-bond acceptors (Lipinski definition) is 2. The highest BCUT2D eigenvalue weighted by atomic mass is 16.1. The molecule has 0 heterocycles. The van der Waals surface area contributed by atoms with Crippen LogP contribution in [0.15, 0.2) is 54.6 Å². The maximum Gasteiger partial charge on any atom is 0.234 e. The molecule has 0 spiro atoms. The maximum absolute atomic E-state index is 11.7. The number of carbonyl (C=O) groups excluding carboxylic acids is 1. The Hall–Kier alpha value is -2.13. The van der Waals surface area contributed by atoms with Crippen LogP contribution in [0.2, 0.25) is 0 Å². The molecule has 1 amide bonds. The van der Waals surface area contributed by atoms with E-state index in [9.17, 15) is 4.79 Å². The van der Waals surface area contributed by atoms with Gasteiger partial charge in [0.15, 0.2) is 0 Å². The molecule has 3 nitrogen and oxygen atoms in total. The van der Waals surface area contributed by atoms with Crippen LogP contribution in [0.25, 0.3) is 0 Å². The Labute approximate surface area is 126 Å². The fraction of sp³-hybridized carbons (Fsp3) is 0.278. The van der Waals surface area contributed by atoms with E-state index in [1.165, 1.54) is 11.1 Å². The molecule has 0 aliphatic rings. The van der Waals surface area contributed by atoms with E-state index in [0.29, 0.717) is 13.1 Å². The van der Waals surface area contributed by atoms with Crippen LogP contribution < -0.4 is 10.6 Å². The van der Waals surface area contributed by atoms with E-state index in [2.05, 4.69) is 41.8 Å². The summed E-state index contributed by atoms with van der Waals surface area (Å²) < 4.78 is 0. The molecule has 3 heteroatoms. The first-order valence-electron chi connectivity index (χ1n) is 7.31. The van der Waals surface area contributed by atoms with Crippen molar-refractivity contribution >= 4 is 5.91 Å². The molecule has 21 heavy (non-hydrogen) atoms. The highest BCUT2D eigenvalue weighted by molar-refractivity contribution is 5.77. The predicted molar refractivity (Wildman–Crippen MR) is 86.0 cm³/mol. The molecule has 2 rings (SSSR count).